The van der Waals surface area contributed by atoms with Crippen LogP contribution in [-0.4, -0.2) is 37.0 Å². The molecule has 0 saturated carbocycles. The van der Waals surface area contributed by atoms with Crippen LogP contribution in [0, 0.1) is 0 Å². The van der Waals surface area contributed by atoms with Crippen molar-refractivity contribution in [1.29, 1.82) is 0 Å². The third-order valence-electron chi connectivity index (χ3n) is 4.01. The predicted octanol–water partition coefficient (Wildman–Crippen LogP) is 2.80. The normalized spacial score (nSPS) is 15.3. The summed E-state index contributed by atoms with van der Waals surface area (Å²) < 4.78 is 5.18. The van der Waals surface area contributed by atoms with Gasteiger partial charge in [-0.2, -0.15) is 0 Å². The van der Waals surface area contributed by atoms with Gasteiger partial charge in [0, 0.05) is 31.9 Å². The molecule has 0 radical (unpaired) electrons. The van der Waals surface area contributed by atoms with Crippen molar-refractivity contribution in [2.24, 2.45) is 0 Å². The van der Waals surface area contributed by atoms with Crippen LogP contribution in [0.2, 0.25) is 0 Å². The second-order valence-corrected chi connectivity index (χ2v) is 5.28. The molecule has 4 nitrogen and oxygen atoms in total. The molecule has 1 saturated heterocycles. The highest BCUT2D eigenvalue weighted by Gasteiger charge is 2.23. The lowest BCUT2D eigenvalue weighted by Gasteiger charge is -2.35. The number of aryl methyl sites for hydroxylation is 1. The van der Waals surface area contributed by atoms with Gasteiger partial charge in [-0.05, 0) is 36.2 Å². The van der Waals surface area contributed by atoms with Crippen molar-refractivity contribution < 1.29 is 9.21 Å². The smallest absolute Gasteiger partial charge is 0.289 e. The Kier molecular flexibility index (Phi) is 3.95. The molecule has 0 bridgehead atoms. The molecule has 1 aromatic heterocycles. The van der Waals surface area contributed by atoms with E-state index >= 15 is 0 Å². The van der Waals surface area contributed by atoms with Crippen LogP contribution in [0.1, 0.15) is 23.0 Å². The van der Waals surface area contributed by atoms with Gasteiger partial charge < -0.3 is 14.2 Å². The number of hydrogen-bond donors (Lipinski definition) is 0. The summed E-state index contributed by atoms with van der Waals surface area (Å²) in [6, 6.07) is 12.2. The summed E-state index contributed by atoms with van der Waals surface area (Å²) in [4.78, 5) is 16.4. The minimum atomic E-state index is -0.0130. The van der Waals surface area contributed by atoms with Crippen molar-refractivity contribution in [2.45, 2.75) is 13.3 Å². The van der Waals surface area contributed by atoms with Gasteiger partial charge in [-0.1, -0.05) is 19.1 Å². The van der Waals surface area contributed by atoms with Crippen molar-refractivity contribution in [3.8, 4) is 0 Å². The quantitative estimate of drug-likeness (QED) is 0.869. The number of benzene rings is 1. The van der Waals surface area contributed by atoms with E-state index in [1.54, 1.807) is 18.4 Å². The van der Waals surface area contributed by atoms with E-state index in [4.69, 9.17) is 4.42 Å². The Morgan fingerprint density at radius 3 is 2.38 bits per heavy atom. The number of anilines is 1. The fraction of sp³-hybridized carbons (Fsp3) is 0.353. The third kappa shape index (κ3) is 2.94. The van der Waals surface area contributed by atoms with Gasteiger partial charge >= 0.3 is 0 Å². The van der Waals surface area contributed by atoms with Crippen LogP contribution in [0.25, 0.3) is 0 Å². The number of carbonyl (C=O) groups is 1. The van der Waals surface area contributed by atoms with Gasteiger partial charge in [-0.15, -0.1) is 0 Å². The lowest BCUT2D eigenvalue weighted by molar-refractivity contribution is 0.0714. The molecule has 1 aliphatic rings. The zero-order valence-electron chi connectivity index (χ0n) is 12.3. The van der Waals surface area contributed by atoms with Crippen molar-refractivity contribution in [1.82, 2.24) is 4.90 Å². The van der Waals surface area contributed by atoms with Crippen LogP contribution in [0.4, 0.5) is 5.69 Å². The zero-order chi connectivity index (χ0) is 14.7. The van der Waals surface area contributed by atoms with Gasteiger partial charge in [0.1, 0.15) is 0 Å². The van der Waals surface area contributed by atoms with Crippen LogP contribution >= 0.6 is 0 Å². The molecule has 21 heavy (non-hydrogen) atoms. The molecule has 2 heterocycles. The molecule has 2 aromatic rings. The van der Waals surface area contributed by atoms with E-state index in [2.05, 4.69) is 36.1 Å². The monoisotopic (exact) mass is 284 g/mol. The minimum Gasteiger partial charge on any atom is -0.459 e. The summed E-state index contributed by atoms with van der Waals surface area (Å²) >= 11 is 0. The molecule has 1 aromatic carbocycles. The van der Waals surface area contributed by atoms with E-state index in [-0.39, 0.29) is 5.91 Å². The van der Waals surface area contributed by atoms with Crippen LogP contribution in [0.3, 0.4) is 0 Å². The van der Waals surface area contributed by atoms with Crippen LogP contribution in [0.15, 0.2) is 47.1 Å². The van der Waals surface area contributed by atoms with E-state index in [1.165, 1.54) is 11.3 Å². The van der Waals surface area contributed by atoms with Gasteiger partial charge in [-0.25, -0.2) is 0 Å². The first kappa shape index (κ1) is 13.7. The minimum absolute atomic E-state index is 0.0130. The molecular formula is C17H20N2O2. The third-order valence-corrected chi connectivity index (χ3v) is 4.01. The SMILES string of the molecule is CCc1ccc(N2CCN(C(=O)c3ccco3)CC2)cc1. The van der Waals surface area contributed by atoms with E-state index in [0.717, 1.165) is 32.6 Å². The Morgan fingerprint density at radius 2 is 1.81 bits per heavy atom. The molecule has 110 valence electrons. The Bertz CT molecular complexity index is 582. The molecule has 1 fully saturated rings. The highest BCUT2D eigenvalue weighted by molar-refractivity contribution is 5.91. The second-order valence-electron chi connectivity index (χ2n) is 5.28. The molecule has 4 heteroatoms. The largest absolute Gasteiger partial charge is 0.459 e. The lowest BCUT2D eigenvalue weighted by atomic mass is 10.1. The highest BCUT2D eigenvalue weighted by Crippen LogP contribution is 2.18. The first-order valence-corrected chi connectivity index (χ1v) is 7.44. The maximum atomic E-state index is 12.2. The summed E-state index contributed by atoms with van der Waals surface area (Å²) in [5.41, 5.74) is 2.59. The maximum absolute atomic E-state index is 12.2. The van der Waals surface area contributed by atoms with E-state index in [9.17, 15) is 4.79 Å². The number of carbonyl (C=O) groups excluding carboxylic acids is 1. The van der Waals surface area contributed by atoms with Crippen molar-refractivity contribution in [3.05, 3.63) is 54.0 Å². The average molecular weight is 284 g/mol. The molecule has 0 atom stereocenters. The number of hydrogen-bond acceptors (Lipinski definition) is 3. The van der Waals surface area contributed by atoms with Crippen molar-refractivity contribution >= 4 is 11.6 Å². The summed E-state index contributed by atoms with van der Waals surface area (Å²) in [6.45, 7) is 5.34. The molecule has 0 spiro atoms. The fourth-order valence-electron chi connectivity index (χ4n) is 2.67. The Hall–Kier alpha value is -2.23. The van der Waals surface area contributed by atoms with Gasteiger partial charge in [-0.3, -0.25) is 4.79 Å². The van der Waals surface area contributed by atoms with E-state index in [1.807, 2.05) is 4.90 Å². The van der Waals surface area contributed by atoms with Crippen molar-refractivity contribution in [3.63, 3.8) is 0 Å². The molecule has 1 amide bonds. The number of nitrogens with zero attached hydrogens (tertiary/aromatic N) is 2. The molecule has 0 aliphatic carbocycles. The first-order valence-electron chi connectivity index (χ1n) is 7.44. The number of furan rings is 1. The van der Waals surface area contributed by atoms with E-state index in [0.29, 0.717) is 5.76 Å². The lowest BCUT2D eigenvalue weighted by Crippen LogP contribution is -2.48. The molecule has 1 aliphatic heterocycles. The summed E-state index contributed by atoms with van der Waals surface area (Å²) in [5, 5.41) is 0. The molecular weight excluding hydrogens is 264 g/mol. The first-order chi connectivity index (χ1) is 10.3. The Labute approximate surface area is 125 Å². The van der Waals surface area contributed by atoms with Crippen LogP contribution in [0.5, 0.6) is 0 Å². The second kappa shape index (κ2) is 6.04. The van der Waals surface area contributed by atoms with Crippen LogP contribution < -0.4 is 4.90 Å². The van der Waals surface area contributed by atoms with Crippen LogP contribution in [-0.2, 0) is 6.42 Å². The highest BCUT2D eigenvalue weighted by atomic mass is 16.3. The summed E-state index contributed by atoms with van der Waals surface area (Å²) in [7, 11) is 0. The van der Waals surface area contributed by atoms with Gasteiger partial charge in [0.2, 0.25) is 0 Å². The molecule has 0 N–H and O–H groups in total. The van der Waals surface area contributed by atoms with E-state index < -0.39 is 0 Å². The fourth-order valence-corrected chi connectivity index (χ4v) is 2.67. The zero-order valence-corrected chi connectivity index (χ0v) is 12.3. The average Bonchev–Trinajstić information content (AvgIpc) is 3.09. The van der Waals surface area contributed by atoms with Gasteiger partial charge in [0.25, 0.3) is 5.91 Å². The number of amides is 1. The standard InChI is InChI=1S/C17H20N2O2/c1-2-14-5-7-15(8-6-14)18-9-11-19(12-10-18)17(20)16-4-3-13-21-16/h3-8,13H,2,9-12H2,1H3. The predicted molar refractivity (Wildman–Crippen MR) is 82.6 cm³/mol. The Morgan fingerprint density at radius 1 is 1.10 bits per heavy atom. The summed E-state index contributed by atoms with van der Waals surface area (Å²) in [6.07, 6.45) is 2.60. The number of piperazine rings is 1. The maximum Gasteiger partial charge on any atom is 0.289 e. The molecule has 0 unspecified atom stereocenters. The number of rotatable bonds is 3. The Balaban J connectivity index is 1.60. The topological polar surface area (TPSA) is 36.7 Å². The summed E-state index contributed by atoms with van der Waals surface area (Å²) in [5.74, 6) is 0.414. The molecule has 3 rings (SSSR count). The van der Waals surface area contributed by atoms with Crippen molar-refractivity contribution in [2.75, 3.05) is 31.1 Å². The van der Waals surface area contributed by atoms with Gasteiger partial charge in [0.15, 0.2) is 5.76 Å². The van der Waals surface area contributed by atoms with Gasteiger partial charge in [0.05, 0.1) is 6.26 Å².